The number of aromatic nitrogens is 1. The molecule has 30 heavy (non-hydrogen) atoms. The van der Waals surface area contributed by atoms with E-state index in [2.05, 4.69) is 33.6 Å². The van der Waals surface area contributed by atoms with Gasteiger partial charge in [0, 0.05) is 35.8 Å². The maximum absolute atomic E-state index is 12.2. The smallest absolute Gasteiger partial charge is 0.251 e. The maximum Gasteiger partial charge on any atom is 0.251 e. The number of thiazole rings is 1. The standard InChI is InChI=1S/C23H30N4O2S/c1-15-4-3-5-18(10-15)23(29)25-12-22(28)26-19-13-27(14-19)20-8-6-17(7-9-20)21-11-24-16(2)30-21/h3-5,10-11,17,19-20H,6-9,12-14H2,1-2H3,(H,25,29)(H,26,28)/t17-,20+. The van der Waals surface area contributed by atoms with Crippen LogP contribution in [0.15, 0.2) is 30.5 Å². The monoisotopic (exact) mass is 426 g/mol. The molecule has 0 unspecified atom stereocenters. The largest absolute Gasteiger partial charge is 0.349 e. The van der Waals surface area contributed by atoms with E-state index in [4.69, 9.17) is 0 Å². The highest BCUT2D eigenvalue weighted by Gasteiger charge is 2.35. The van der Waals surface area contributed by atoms with E-state index >= 15 is 0 Å². The first-order valence-corrected chi connectivity index (χ1v) is 11.6. The van der Waals surface area contributed by atoms with Gasteiger partial charge in [0.1, 0.15) is 0 Å². The Morgan fingerprint density at radius 1 is 1.17 bits per heavy atom. The molecule has 7 heteroatoms. The number of nitrogens with one attached hydrogen (secondary N) is 2. The van der Waals surface area contributed by atoms with Crippen molar-refractivity contribution < 1.29 is 9.59 Å². The predicted molar refractivity (Wildman–Crippen MR) is 119 cm³/mol. The Morgan fingerprint density at radius 3 is 2.60 bits per heavy atom. The minimum atomic E-state index is -0.211. The van der Waals surface area contributed by atoms with Gasteiger partial charge in [-0.25, -0.2) is 4.98 Å². The zero-order valence-corrected chi connectivity index (χ0v) is 18.5. The molecule has 2 aliphatic rings. The summed E-state index contributed by atoms with van der Waals surface area (Å²) in [5.41, 5.74) is 1.61. The quantitative estimate of drug-likeness (QED) is 0.745. The van der Waals surface area contributed by atoms with E-state index in [1.165, 1.54) is 30.6 Å². The van der Waals surface area contributed by atoms with Crippen LogP contribution in [0, 0.1) is 13.8 Å². The molecule has 160 valence electrons. The van der Waals surface area contributed by atoms with Gasteiger partial charge in [-0.15, -0.1) is 11.3 Å². The number of likely N-dealkylation sites (tertiary alicyclic amines) is 1. The lowest BCUT2D eigenvalue weighted by Crippen LogP contribution is -2.63. The molecule has 2 aromatic rings. The van der Waals surface area contributed by atoms with Crippen molar-refractivity contribution in [2.75, 3.05) is 19.6 Å². The van der Waals surface area contributed by atoms with Crippen molar-refractivity contribution >= 4 is 23.2 Å². The van der Waals surface area contributed by atoms with Crippen LogP contribution in [0.4, 0.5) is 0 Å². The van der Waals surface area contributed by atoms with Gasteiger partial charge in [0.25, 0.3) is 5.91 Å². The number of nitrogens with zero attached hydrogens (tertiary/aromatic N) is 2. The first-order valence-electron chi connectivity index (χ1n) is 10.8. The van der Waals surface area contributed by atoms with Crippen molar-refractivity contribution in [3.05, 3.63) is 51.5 Å². The molecule has 1 saturated heterocycles. The van der Waals surface area contributed by atoms with Crippen LogP contribution in [0.25, 0.3) is 0 Å². The Hall–Kier alpha value is -2.25. The summed E-state index contributed by atoms with van der Waals surface area (Å²) in [6.07, 6.45) is 6.94. The summed E-state index contributed by atoms with van der Waals surface area (Å²) in [5.74, 6) is 0.336. The normalized spacial score (nSPS) is 22.3. The highest BCUT2D eigenvalue weighted by Crippen LogP contribution is 2.37. The lowest BCUT2D eigenvalue weighted by molar-refractivity contribution is -0.122. The second kappa shape index (κ2) is 9.27. The van der Waals surface area contributed by atoms with Crippen LogP contribution >= 0.6 is 11.3 Å². The molecule has 0 radical (unpaired) electrons. The third kappa shape index (κ3) is 5.08. The van der Waals surface area contributed by atoms with Gasteiger partial charge in [-0.3, -0.25) is 14.5 Å². The summed E-state index contributed by atoms with van der Waals surface area (Å²) >= 11 is 1.83. The molecular formula is C23H30N4O2S. The molecule has 1 aromatic heterocycles. The molecule has 0 spiro atoms. The zero-order valence-electron chi connectivity index (χ0n) is 17.7. The van der Waals surface area contributed by atoms with Gasteiger partial charge in [0.2, 0.25) is 5.91 Å². The number of hydrogen-bond donors (Lipinski definition) is 2. The molecule has 1 saturated carbocycles. The summed E-state index contributed by atoms with van der Waals surface area (Å²) in [6, 6.07) is 8.19. The lowest BCUT2D eigenvalue weighted by atomic mass is 9.83. The summed E-state index contributed by atoms with van der Waals surface area (Å²) in [5, 5.41) is 6.90. The maximum atomic E-state index is 12.2. The molecule has 2 fully saturated rings. The van der Waals surface area contributed by atoms with Gasteiger partial charge < -0.3 is 10.6 Å². The molecule has 0 bridgehead atoms. The average Bonchev–Trinajstić information content (AvgIpc) is 3.15. The van der Waals surface area contributed by atoms with Crippen molar-refractivity contribution in [3.63, 3.8) is 0 Å². The molecule has 1 aliphatic heterocycles. The lowest BCUT2D eigenvalue weighted by Gasteiger charge is -2.46. The molecule has 1 aliphatic carbocycles. The summed E-state index contributed by atoms with van der Waals surface area (Å²) in [6.45, 7) is 5.85. The summed E-state index contributed by atoms with van der Waals surface area (Å²) in [4.78, 5) is 32.7. The third-order valence-corrected chi connectivity index (χ3v) is 7.29. The van der Waals surface area contributed by atoms with Gasteiger partial charge in [0.15, 0.2) is 0 Å². The van der Waals surface area contributed by atoms with Crippen molar-refractivity contribution in [1.82, 2.24) is 20.5 Å². The highest BCUT2D eigenvalue weighted by molar-refractivity contribution is 7.11. The molecule has 2 amide bonds. The molecule has 2 heterocycles. The molecule has 6 nitrogen and oxygen atoms in total. The Kier molecular flexibility index (Phi) is 6.49. The zero-order chi connectivity index (χ0) is 21.1. The van der Waals surface area contributed by atoms with Crippen LogP contribution in [0.3, 0.4) is 0 Å². The fraction of sp³-hybridized carbons (Fsp3) is 0.522. The van der Waals surface area contributed by atoms with Crippen LogP contribution in [0.1, 0.15) is 57.4 Å². The summed E-state index contributed by atoms with van der Waals surface area (Å²) < 4.78 is 0. The van der Waals surface area contributed by atoms with Gasteiger partial charge in [0.05, 0.1) is 17.6 Å². The van der Waals surface area contributed by atoms with E-state index in [0.717, 1.165) is 23.7 Å². The van der Waals surface area contributed by atoms with Crippen LogP contribution in [-0.4, -0.2) is 53.4 Å². The van der Waals surface area contributed by atoms with E-state index in [-0.39, 0.29) is 24.4 Å². The van der Waals surface area contributed by atoms with Gasteiger partial charge in [-0.05, 0) is 57.6 Å². The number of carbonyl (C=O) groups is 2. The average molecular weight is 427 g/mol. The minimum absolute atomic E-state index is 0.0165. The van der Waals surface area contributed by atoms with Crippen molar-refractivity contribution in [2.24, 2.45) is 0 Å². The molecule has 0 atom stereocenters. The van der Waals surface area contributed by atoms with Gasteiger partial charge in [-0.2, -0.15) is 0 Å². The topological polar surface area (TPSA) is 74.3 Å². The number of amides is 2. The number of benzene rings is 1. The van der Waals surface area contributed by atoms with Crippen molar-refractivity contribution in [1.29, 1.82) is 0 Å². The first kappa shape index (κ1) is 21.0. The van der Waals surface area contributed by atoms with E-state index in [1.807, 2.05) is 36.5 Å². The number of hydrogen-bond acceptors (Lipinski definition) is 5. The van der Waals surface area contributed by atoms with Crippen LogP contribution < -0.4 is 10.6 Å². The highest BCUT2D eigenvalue weighted by atomic mass is 32.1. The van der Waals surface area contributed by atoms with Crippen molar-refractivity contribution in [3.8, 4) is 0 Å². The number of carbonyl (C=O) groups excluding carboxylic acids is 2. The third-order valence-electron chi connectivity index (χ3n) is 6.22. The fourth-order valence-corrected chi connectivity index (χ4v) is 5.48. The van der Waals surface area contributed by atoms with E-state index in [0.29, 0.717) is 17.5 Å². The SMILES string of the molecule is Cc1cccc(C(=O)NCC(=O)NC2CN([C@H]3CC[C@@H](c4cnc(C)s4)CC3)C2)c1. The van der Waals surface area contributed by atoms with E-state index in [1.54, 1.807) is 6.07 Å². The van der Waals surface area contributed by atoms with Gasteiger partial charge in [-0.1, -0.05) is 17.7 Å². The molecular weight excluding hydrogens is 396 g/mol. The number of rotatable bonds is 6. The van der Waals surface area contributed by atoms with E-state index < -0.39 is 0 Å². The second-order valence-corrected chi connectivity index (χ2v) is 9.82. The molecule has 4 rings (SSSR count). The second-order valence-electron chi connectivity index (χ2n) is 8.56. The Labute approximate surface area is 182 Å². The Balaban J connectivity index is 1.14. The Bertz CT molecular complexity index is 898. The van der Waals surface area contributed by atoms with Crippen LogP contribution in [0.2, 0.25) is 0 Å². The van der Waals surface area contributed by atoms with Crippen LogP contribution in [-0.2, 0) is 4.79 Å². The molecule has 2 N–H and O–H groups in total. The van der Waals surface area contributed by atoms with Crippen molar-refractivity contribution in [2.45, 2.75) is 57.5 Å². The van der Waals surface area contributed by atoms with Gasteiger partial charge >= 0.3 is 0 Å². The van der Waals surface area contributed by atoms with Crippen LogP contribution in [0.5, 0.6) is 0 Å². The Morgan fingerprint density at radius 2 is 1.93 bits per heavy atom. The summed E-state index contributed by atoms with van der Waals surface area (Å²) in [7, 11) is 0. The predicted octanol–water partition coefficient (Wildman–Crippen LogP) is 3.02. The molecule has 1 aromatic carbocycles. The fourth-order valence-electron chi connectivity index (χ4n) is 4.52. The first-order chi connectivity index (χ1) is 14.5. The minimum Gasteiger partial charge on any atom is -0.349 e. The number of aryl methyl sites for hydroxylation is 2. The van der Waals surface area contributed by atoms with E-state index in [9.17, 15) is 9.59 Å².